The molecule has 0 spiro atoms. The monoisotopic (exact) mass is 227 g/mol. The van der Waals surface area contributed by atoms with E-state index in [2.05, 4.69) is 32.3 Å². The van der Waals surface area contributed by atoms with Crippen molar-refractivity contribution in [3.8, 4) is 0 Å². The number of nitrogens with zero attached hydrogens (tertiary/aromatic N) is 1. The lowest BCUT2D eigenvalue weighted by molar-refractivity contribution is 0.204. The Kier molecular flexibility index (Phi) is 5.46. The maximum Gasteiger partial charge on any atom is 0.0977 e. The van der Waals surface area contributed by atoms with Crippen molar-refractivity contribution in [1.82, 2.24) is 0 Å². The molecule has 0 saturated heterocycles. The molecule has 15 heavy (non-hydrogen) atoms. The Morgan fingerprint density at radius 1 is 1.33 bits per heavy atom. The van der Waals surface area contributed by atoms with Crippen LogP contribution in [0.5, 0.6) is 0 Å². The van der Waals surface area contributed by atoms with Gasteiger partial charge in [-0.25, -0.2) is 0 Å². The Morgan fingerprint density at radius 3 is 1.93 bits per heavy atom. The van der Waals surface area contributed by atoms with Crippen molar-refractivity contribution in [3.63, 3.8) is 0 Å². The SMILES string of the molecule is C=CC(=NC)C(C)(O)[Si](CC)(CC)CC. The van der Waals surface area contributed by atoms with E-state index in [0.29, 0.717) is 0 Å². The second kappa shape index (κ2) is 5.61. The van der Waals surface area contributed by atoms with Gasteiger partial charge >= 0.3 is 0 Å². The molecule has 1 N–H and O–H groups in total. The molecule has 0 aliphatic carbocycles. The molecule has 0 aromatic heterocycles. The Balaban J connectivity index is 5.37. The second-order valence-electron chi connectivity index (χ2n) is 4.23. The first-order valence-electron chi connectivity index (χ1n) is 5.77. The molecule has 0 heterocycles. The summed E-state index contributed by atoms with van der Waals surface area (Å²) in [5, 5.41) is 10.00. The van der Waals surface area contributed by atoms with E-state index in [1.54, 1.807) is 13.1 Å². The molecule has 0 aliphatic rings. The molecule has 0 bridgehead atoms. The van der Waals surface area contributed by atoms with E-state index in [1.807, 2.05) is 6.92 Å². The van der Waals surface area contributed by atoms with Crippen LogP contribution in [0.25, 0.3) is 0 Å². The van der Waals surface area contributed by atoms with E-state index in [9.17, 15) is 5.11 Å². The van der Waals surface area contributed by atoms with Gasteiger partial charge < -0.3 is 5.11 Å². The maximum atomic E-state index is 10.7. The van der Waals surface area contributed by atoms with E-state index in [4.69, 9.17) is 0 Å². The van der Waals surface area contributed by atoms with E-state index in [-0.39, 0.29) is 0 Å². The number of hydrogen-bond donors (Lipinski definition) is 1. The molecule has 0 saturated carbocycles. The summed E-state index contributed by atoms with van der Waals surface area (Å²) in [7, 11) is 0.0313. The Hall–Kier alpha value is -0.413. The smallest absolute Gasteiger partial charge is 0.0977 e. The van der Waals surface area contributed by atoms with Crippen molar-refractivity contribution >= 4 is 13.8 Å². The summed E-state index contributed by atoms with van der Waals surface area (Å²) in [5.41, 5.74) is 0.750. The molecule has 2 nitrogen and oxygen atoms in total. The fourth-order valence-corrected chi connectivity index (χ4v) is 6.88. The zero-order valence-electron chi connectivity index (χ0n) is 10.8. The van der Waals surface area contributed by atoms with Crippen molar-refractivity contribution in [3.05, 3.63) is 12.7 Å². The highest BCUT2D eigenvalue weighted by Crippen LogP contribution is 2.33. The normalized spacial score (nSPS) is 17.3. The third-order valence-corrected chi connectivity index (χ3v) is 10.4. The standard InChI is InChI=1S/C12H25NOSi/c1-7-11(13-6)12(5,14)15(8-2,9-3)10-4/h7,14H,1,8-10H2,2-6H3. The van der Waals surface area contributed by atoms with Gasteiger partial charge in [0.1, 0.15) is 0 Å². The minimum absolute atomic E-state index is 0.748. The molecule has 0 aliphatic heterocycles. The Morgan fingerprint density at radius 2 is 1.73 bits per heavy atom. The fraction of sp³-hybridized carbons (Fsp3) is 0.750. The Labute approximate surface area is 95.1 Å². The summed E-state index contributed by atoms with van der Waals surface area (Å²) in [6.45, 7) is 12.2. The predicted molar refractivity (Wildman–Crippen MR) is 71.4 cm³/mol. The molecular weight excluding hydrogens is 202 g/mol. The fourth-order valence-electron chi connectivity index (χ4n) is 2.56. The largest absolute Gasteiger partial charge is 0.388 e. The highest BCUT2D eigenvalue weighted by Gasteiger charge is 2.47. The highest BCUT2D eigenvalue weighted by molar-refractivity contribution is 6.85. The molecule has 0 amide bonds. The van der Waals surface area contributed by atoms with Gasteiger partial charge in [0.15, 0.2) is 0 Å². The van der Waals surface area contributed by atoms with Crippen LogP contribution in [-0.4, -0.2) is 31.2 Å². The lowest BCUT2D eigenvalue weighted by Gasteiger charge is -2.42. The van der Waals surface area contributed by atoms with Crippen LogP contribution in [0.1, 0.15) is 27.7 Å². The molecule has 1 unspecified atom stereocenters. The number of aliphatic imine (C=N–C) groups is 1. The first-order valence-corrected chi connectivity index (χ1v) is 8.39. The molecule has 0 aromatic rings. The molecule has 0 radical (unpaired) electrons. The van der Waals surface area contributed by atoms with Crippen molar-refractivity contribution in [2.45, 2.75) is 51.1 Å². The van der Waals surface area contributed by atoms with Gasteiger partial charge in [-0.1, -0.05) is 45.5 Å². The molecular formula is C12H25NOSi. The first-order chi connectivity index (χ1) is 6.95. The molecule has 0 rings (SSSR count). The van der Waals surface area contributed by atoms with Gasteiger partial charge in [-0.05, 0) is 13.0 Å². The van der Waals surface area contributed by atoms with Crippen LogP contribution in [0.15, 0.2) is 17.6 Å². The number of hydrogen-bond acceptors (Lipinski definition) is 2. The zero-order chi connectivity index (χ0) is 12.1. The van der Waals surface area contributed by atoms with Gasteiger partial charge in [-0.2, -0.15) is 0 Å². The van der Waals surface area contributed by atoms with E-state index in [0.717, 1.165) is 23.8 Å². The lowest BCUT2D eigenvalue weighted by atomic mass is 10.2. The lowest BCUT2D eigenvalue weighted by Crippen LogP contribution is -2.59. The van der Waals surface area contributed by atoms with Gasteiger partial charge in [0, 0.05) is 7.05 Å². The molecule has 3 heteroatoms. The third-order valence-electron chi connectivity index (χ3n) is 4.00. The summed E-state index contributed by atoms with van der Waals surface area (Å²) in [6, 6.07) is 3.25. The summed E-state index contributed by atoms with van der Waals surface area (Å²) >= 11 is 0. The van der Waals surface area contributed by atoms with Crippen molar-refractivity contribution in [2.75, 3.05) is 7.05 Å². The van der Waals surface area contributed by atoms with Gasteiger partial charge in [-0.15, -0.1) is 0 Å². The number of aliphatic hydroxyl groups is 1. The zero-order valence-corrected chi connectivity index (χ0v) is 11.8. The predicted octanol–water partition coefficient (Wildman–Crippen LogP) is 3.04. The van der Waals surface area contributed by atoms with Crippen LogP contribution in [0, 0.1) is 0 Å². The maximum absolute atomic E-state index is 10.7. The third kappa shape index (κ3) is 2.40. The minimum atomic E-state index is -1.70. The van der Waals surface area contributed by atoms with Gasteiger partial charge in [0.25, 0.3) is 0 Å². The summed E-state index contributed by atoms with van der Waals surface area (Å²) in [4.78, 5) is 4.17. The quantitative estimate of drug-likeness (QED) is 0.549. The summed E-state index contributed by atoms with van der Waals surface area (Å²) in [6.07, 6.45) is 1.70. The molecule has 88 valence electrons. The Bertz CT molecular complexity index is 234. The topological polar surface area (TPSA) is 32.6 Å². The van der Waals surface area contributed by atoms with Crippen molar-refractivity contribution < 1.29 is 5.11 Å². The molecule has 0 aromatic carbocycles. The summed E-state index contributed by atoms with van der Waals surface area (Å²) in [5.74, 6) is 0. The first kappa shape index (κ1) is 14.6. The van der Waals surface area contributed by atoms with Crippen LogP contribution in [0.3, 0.4) is 0 Å². The van der Waals surface area contributed by atoms with Crippen LogP contribution >= 0.6 is 0 Å². The van der Waals surface area contributed by atoms with E-state index < -0.39 is 13.3 Å². The number of rotatable bonds is 6. The summed E-state index contributed by atoms with van der Waals surface area (Å²) < 4.78 is 0. The average molecular weight is 227 g/mol. The van der Waals surface area contributed by atoms with E-state index >= 15 is 0 Å². The van der Waals surface area contributed by atoms with E-state index in [1.165, 1.54) is 0 Å². The molecule has 0 fully saturated rings. The van der Waals surface area contributed by atoms with Crippen LogP contribution < -0.4 is 0 Å². The van der Waals surface area contributed by atoms with Crippen LogP contribution in [-0.2, 0) is 0 Å². The van der Waals surface area contributed by atoms with Gasteiger partial charge in [0.05, 0.1) is 19.0 Å². The van der Waals surface area contributed by atoms with Crippen LogP contribution in [0.4, 0.5) is 0 Å². The highest BCUT2D eigenvalue weighted by atomic mass is 28.3. The van der Waals surface area contributed by atoms with Crippen molar-refractivity contribution in [2.24, 2.45) is 4.99 Å². The second-order valence-corrected chi connectivity index (χ2v) is 9.88. The van der Waals surface area contributed by atoms with Crippen molar-refractivity contribution in [1.29, 1.82) is 0 Å². The average Bonchev–Trinajstić information content (AvgIpc) is 2.22. The van der Waals surface area contributed by atoms with Gasteiger partial charge in [0.2, 0.25) is 0 Å². The van der Waals surface area contributed by atoms with Gasteiger partial charge in [-0.3, -0.25) is 4.99 Å². The van der Waals surface area contributed by atoms with Crippen LogP contribution in [0.2, 0.25) is 18.1 Å². The molecule has 1 atom stereocenters. The minimum Gasteiger partial charge on any atom is -0.388 e.